The first-order valence-electron chi connectivity index (χ1n) is 5.74. The number of carbonyl (C=O) groups excluding carboxylic acids is 1. The number of nitrogens with one attached hydrogen (secondary N) is 1. The first-order chi connectivity index (χ1) is 7.95. The van der Waals surface area contributed by atoms with Crippen LogP contribution in [-0.2, 0) is 0 Å². The van der Waals surface area contributed by atoms with Gasteiger partial charge in [-0.05, 0) is 33.3 Å². The van der Waals surface area contributed by atoms with Crippen molar-refractivity contribution in [2.75, 3.05) is 6.61 Å². The monoisotopic (exact) mass is 258 g/mol. The molecule has 1 heterocycles. The summed E-state index contributed by atoms with van der Waals surface area (Å²) < 4.78 is 1.84. The first kappa shape index (κ1) is 14.1. The maximum atomic E-state index is 12.0. The summed E-state index contributed by atoms with van der Waals surface area (Å²) >= 11 is 5.91. The minimum Gasteiger partial charge on any atom is -0.396 e. The summed E-state index contributed by atoms with van der Waals surface area (Å²) in [5, 5.41) is 12.2. The Hall–Kier alpha value is -1.00. The molecule has 96 valence electrons. The van der Waals surface area contributed by atoms with E-state index >= 15 is 0 Å². The summed E-state index contributed by atoms with van der Waals surface area (Å²) in [5.41, 5.74) is 0.551. The molecule has 0 aliphatic carbocycles. The van der Waals surface area contributed by atoms with Crippen molar-refractivity contribution >= 4 is 17.5 Å². The van der Waals surface area contributed by atoms with Crippen molar-refractivity contribution in [2.24, 2.45) is 0 Å². The van der Waals surface area contributed by atoms with Crippen LogP contribution >= 0.6 is 11.6 Å². The summed E-state index contributed by atoms with van der Waals surface area (Å²) in [6.45, 7) is 5.90. The highest BCUT2D eigenvalue weighted by atomic mass is 35.5. The van der Waals surface area contributed by atoms with E-state index in [2.05, 4.69) is 5.32 Å². The number of hydrogen-bond donors (Lipinski definition) is 2. The first-order valence-corrected chi connectivity index (χ1v) is 6.12. The van der Waals surface area contributed by atoms with Gasteiger partial charge in [-0.25, -0.2) is 0 Å². The van der Waals surface area contributed by atoms with Gasteiger partial charge in [0, 0.05) is 24.9 Å². The average molecular weight is 259 g/mol. The molecule has 0 saturated heterocycles. The second-order valence-corrected chi connectivity index (χ2v) is 4.87. The second-order valence-electron chi connectivity index (χ2n) is 4.43. The zero-order valence-electron chi connectivity index (χ0n) is 10.4. The molecule has 1 aromatic rings. The van der Waals surface area contributed by atoms with Gasteiger partial charge in [-0.3, -0.25) is 4.79 Å². The number of nitrogens with zero attached hydrogens (tertiary/aromatic N) is 1. The Morgan fingerprint density at radius 2 is 2.18 bits per heavy atom. The van der Waals surface area contributed by atoms with Gasteiger partial charge in [-0.1, -0.05) is 11.6 Å². The highest BCUT2D eigenvalue weighted by molar-refractivity contribution is 6.31. The smallest absolute Gasteiger partial charge is 0.268 e. The topological polar surface area (TPSA) is 54.3 Å². The number of aromatic nitrogens is 1. The predicted molar refractivity (Wildman–Crippen MR) is 68.5 cm³/mol. The van der Waals surface area contributed by atoms with E-state index in [-0.39, 0.29) is 24.6 Å². The van der Waals surface area contributed by atoms with Crippen LogP contribution in [0.15, 0.2) is 12.3 Å². The van der Waals surface area contributed by atoms with E-state index in [9.17, 15) is 4.79 Å². The molecule has 0 saturated carbocycles. The number of hydrogen-bond acceptors (Lipinski definition) is 2. The Morgan fingerprint density at radius 3 is 2.71 bits per heavy atom. The van der Waals surface area contributed by atoms with Crippen molar-refractivity contribution in [3.8, 4) is 0 Å². The minimum absolute atomic E-state index is 0.0539. The van der Waals surface area contributed by atoms with Crippen LogP contribution in [0.3, 0.4) is 0 Å². The molecule has 1 unspecified atom stereocenters. The molecule has 1 atom stereocenters. The van der Waals surface area contributed by atoms with E-state index in [0.29, 0.717) is 17.1 Å². The minimum atomic E-state index is -0.161. The lowest BCUT2D eigenvalue weighted by molar-refractivity contribution is 0.0923. The van der Waals surface area contributed by atoms with Crippen molar-refractivity contribution in [1.82, 2.24) is 9.88 Å². The third-order valence-corrected chi connectivity index (χ3v) is 2.75. The van der Waals surface area contributed by atoms with Crippen LogP contribution in [0.2, 0.25) is 5.02 Å². The van der Waals surface area contributed by atoms with Gasteiger partial charge in [-0.15, -0.1) is 0 Å². The fraction of sp³-hybridized carbons (Fsp3) is 0.583. The summed E-state index contributed by atoms with van der Waals surface area (Å²) in [5.74, 6) is -0.161. The fourth-order valence-electron chi connectivity index (χ4n) is 1.62. The van der Waals surface area contributed by atoms with E-state index in [1.54, 1.807) is 12.3 Å². The van der Waals surface area contributed by atoms with Crippen LogP contribution in [0.1, 0.15) is 43.7 Å². The molecule has 1 rings (SSSR count). The summed E-state index contributed by atoms with van der Waals surface area (Å²) in [6, 6.07) is 1.78. The van der Waals surface area contributed by atoms with Crippen molar-refractivity contribution < 1.29 is 9.90 Å². The highest BCUT2D eigenvalue weighted by Gasteiger charge is 2.16. The van der Waals surface area contributed by atoms with E-state index in [4.69, 9.17) is 16.7 Å². The maximum absolute atomic E-state index is 12.0. The van der Waals surface area contributed by atoms with Gasteiger partial charge in [0.15, 0.2) is 0 Å². The molecule has 0 aromatic carbocycles. The molecular weight excluding hydrogens is 240 g/mol. The zero-order valence-corrected chi connectivity index (χ0v) is 11.2. The molecule has 1 amide bonds. The second kappa shape index (κ2) is 6.07. The van der Waals surface area contributed by atoms with E-state index in [0.717, 1.165) is 0 Å². The Kier molecular flexibility index (Phi) is 5.02. The quantitative estimate of drug-likeness (QED) is 0.851. The maximum Gasteiger partial charge on any atom is 0.268 e. The molecule has 5 heteroatoms. The summed E-state index contributed by atoms with van der Waals surface area (Å²) in [4.78, 5) is 12.0. The molecule has 2 N–H and O–H groups in total. The van der Waals surface area contributed by atoms with Gasteiger partial charge in [0.1, 0.15) is 5.69 Å². The number of carbonyl (C=O) groups is 1. The predicted octanol–water partition coefficient (Wildman–Crippen LogP) is 2.22. The molecule has 0 radical (unpaired) electrons. The molecule has 0 fully saturated rings. The highest BCUT2D eigenvalue weighted by Crippen LogP contribution is 2.18. The third kappa shape index (κ3) is 3.75. The molecule has 1 aromatic heterocycles. The zero-order chi connectivity index (χ0) is 13.0. The number of rotatable bonds is 5. The van der Waals surface area contributed by atoms with Gasteiger partial charge < -0.3 is 15.0 Å². The SMILES string of the molecule is CC(CCO)NC(=O)c1cc(Cl)cn1C(C)C. The van der Waals surface area contributed by atoms with Crippen molar-refractivity contribution in [3.05, 3.63) is 23.0 Å². The van der Waals surface area contributed by atoms with Crippen LogP contribution in [0, 0.1) is 0 Å². The molecule has 17 heavy (non-hydrogen) atoms. The molecule has 0 bridgehead atoms. The number of aliphatic hydroxyl groups excluding tert-OH is 1. The molecule has 0 aliphatic rings. The van der Waals surface area contributed by atoms with Crippen molar-refractivity contribution in [2.45, 2.75) is 39.3 Å². The Balaban J connectivity index is 2.81. The van der Waals surface area contributed by atoms with Crippen LogP contribution in [-0.4, -0.2) is 28.2 Å². The lowest BCUT2D eigenvalue weighted by atomic mass is 10.2. The van der Waals surface area contributed by atoms with Gasteiger partial charge in [-0.2, -0.15) is 0 Å². The molecule has 0 aliphatic heterocycles. The van der Waals surface area contributed by atoms with Crippen LogP contribution in [0.4, 0.5) is 0 Å². The number of amides is 1. The third-order valence-electron chi connectivity index (χ3n) is 2.54. The Labute approximate surface area is 107 Å². The van der Waals surface area contributed by atoms with Crippen molar-refractivity contribution in [1.29, 1.82) is 0 Å². The van der Waals surface area contributed by atoms with E-state index in [1.165, 1.54) is 0 Å². The lowest BCUT2D eigenvalue weighted by Crippen LogP contribution is -2.34. The lowest BCUT2D eigenvalue weighted by Gasteiger charge is -2.15. The largest absolute Gasteiger partial charge is 0.396 e. The van der Waals surface area contributed by atoms with Crippen LogP contribution in [0.5, 0.6) is 0 Å². The van der Waals surface area contributed by atoms with Gasteiger partial charge in [0.2, 0.25) is 0 Å². The van der Waals surface area contributed by atoms with Gasteiger partial charge in [0.05, 0.1) is 5.02 Å². The normalized spacial score (nSPS) is 12.8. The summed E-state index contributed by atoms with van der Waals surface area (Å²) in [6.07, 6.45) is 2.29. The number of aliphatic hydroxyl groups is 1. The van der Waals surface area contributed by atoms with Gasteiger partial charge in [0.25, 0.3) is 5.91 Å². The van der Waals surface area contributed by atoms with Crippen LogP contribution in [0.25, 0.3) is 0 Å². The van der Waals surface area contributed by atoms with E-state index < -0.39 is 0 Å². The Morgan fingerprint density at radius 1 is 1.53 bits per heavy atom. The van der Waals surface area contributed by atoms with E-state index in [1.807, 2.05) is 25.3 Å². The number of halogens is 1. The van der Waals surface area contributed by atoms with Crippen molar-refractivity contribution in [3.63, 3.8) is 0 Å². The van der Waals surface area contributed by atoms with Crippen LogP contribution < -0.4 is 5.32 Å². The standard InChI is InChI=1S/C12H19ClN2O2/c1-8(2)15-7-10(13)6-11(15)12(17)14-9(3)4-5-16/h6-9,16H,4-5H2,1-3H3,(H,14,17). The fourth-order valence-corrected chi connectivity index (χ4v) is 1.83. The summed E-state index contributed by atoms with van der Waals surface area (Å²) in [7, 11) is 0. The molecular formula is C12H19ClN2O2. The molecule has 4 nitrogen and oxygen atoms in total. The Bertz CT molecular complexity index is 388. The van der Waals surface area contributed by atoms with Gasteiger partial charge >= 0.3 is 0 Å². The average Bonchev–Trinajstić information content (AvgIpc) is 2.60. The molecule has 0 spiro atoms.